The second-order valence-electron chi connectivity index (χ2n) is 9.10. The highest BCUT2D eigenvalue weighted by atomic mass is 19.1. The van der Waals surface area contributed by atoms with E-state index >= 15 is 0 Å². The number of halogens is 1. The van der Waals surface area contributed by atoms with E-state index in [2.05, 4.69) is 10.2 Å². The fraction of sp³-hybridized carbons (Fsp3) is 0.423. The van der Waals surface area contributed by atoms with Crippen LogP contribution in [-0.4, -0.2) is 66.3 Å². The van der Waals surface area contributed by atoms with Crippen LogP contribution in [0.1, 0.15) is 38.1 Å². The number of benzene rings is 2. The third kappa shape index (κ3) is 6.34. The average Bonchev–Trinajstić information content (AvgIpc) is 2.82. The van der Waals surface area contributed by atoms with Crippen LogP contribution >= 0.6 is 0 Å². The van der Waals surface area contributed by atoms with Crippen LogP contribution in [-0.2, 0) is 9.59 Å². The molecule has 0 aromatic heterocycles. The van der Waals surface area contributed by atoms with Gasteiger partial charge in [-0.1, -0.05) is 19.9 Å². The SMILES string of the molecule is CC(C)C(=O)N(CC(=O)Nc1ccc(N2CCN(C(=O)c3cccc(F)c3)CC2)cc1)C(C)C. The summed E-state index contributed by atoms with van der Waals surface area (Å²) in [6.45, 7) is 9.86. The van der Waals surface area contributed by atoms with Crippen molar-refractivity contribution in [1.82, 2.24) is 9.80 Å². The van der Waals surface area contributed by atoms with Gasteiger partial charge in [-0.15, -0.1) is 0 Å². The lowest BCUT2D eigenvalue weighted by Gasteiger charge is -2.36. The van der Waals surface area contributed by atoms with E-state index in [1.54, 1.807) is 21.9 Å². The molecule has 0 aliphatic carbocycles. The number of rotatable bonds is 7. The normalized spacial score (nSPS) is 13.9. The summed E-state index contributed by atoms with van der Waals surface area (Å²) in [5.74, 6) is -1.03. The summed E-state index contributed by atoms with van der Waals surface area (Å²) >= 11 is 0. The second-order valence-corrected chi connectivity index (χ2v) is 9.10. The monoisotopic (exact) mass is 468 g/mol. The number of carbonyl (C=O) groups excluding carboxylic acids is 3. The van der Waals surface area contributed by atoms with E-state index in [4.69, 9.17) is 0 Å². The van der Waals surface area contributed by atoms with Crippen LogP contribution in [0.4, 0.5) is 15.8 Å². The van der Waals surface area contributed by atoms with Crippen LogP contribution in [0.2, 0.25) is 0 Å². The molecular weight excluding hydrogens is 435 g/mol. The lowest BCUT2D eigenvalue weighted by Crippen LogP contribution is -2.48. The van der Waals surface area contributed by atoms with Crippen LogP contribution in [0.25, 0.3) is 0 Å². The fourth-order valence-electron chi connectivity index (χ4n) is 3.93. The third-order valence-electron chi connectivity index (χ3n) is 5.87. The van der Waals surface area contributed by atoms with Gasteiger partial charge in [-0.3, -0.25) is 14.4 Å². The minimum Gasteiger partial charge on any atom is -0.368 e. The lowest BCUT2D eigenvalue weighted by atomic mass is 10.1. The van der Waals surface area contributed by atoms with E-state index < -0.39 is 5.82 Å². The van der Waals surface area contributed by atoms with Gasteiger partial charge in [0.05, 0.1) is 0 Å². The Morgan fingerprint density at radius 1 is 0.971 bits per heavy atom. The minimum absolute atomic E-state index is 0.0116. The van der Waals surface area contributed by atoms with E-state index in [9.17, 15) is 18.8 Å². The lowest BCUT2D eigenvalue weighted by molar-refractivity contribution is -0.139. The standard InChI is InChI=1S/C26H33FN4O3/c1-18(2)25(33)31(19(3)4)17-24(32)28-22-8-10-23(11-9-22)29-12-14-30(15-13-29)26(34)20-6-5-7-21(27)16-20/h5-11,16,18-19H,12-15,17H2,1-4H3,(H,28,32). The molecule has 0 unspecified atom stereocenters. The first kappa shape index (κ1) is 25.2. The molecule has 0 saturated carbocycles. The number of hydrogen-bond donors (Lipinski definition) is 1. The maximum Gasteiger partial charge on any atom is 0.254 e. The molecule has 0 radical (unpaired) electrons. The Balaban J connectivity index is 1.53. The predicted molar refractivity (Wildman–Crippen MR) is 131 cm³/mol. The second kappa shape index (κ2) is 11.1. The summed E-state index contributed by atoms with van der Waals surface area (Å²) in [7, 11) is 0. The molecule has 1 N–H and O–H groups in total. The van der Waals surface area contributed by atoms with Crippen molar-refractivity contribution in [3.05, 3.63) is 59.9 Å². The summed E-state index contributed by atoms with van der Waals surface area (Å²) < 4.78 is 13.4. The first-order chi connectivity index (χ1) is 16.2. The van der Waals surface area contributed by atoms with Gasteiger partial charge in [-0.2, -0.15) is 0 Å². The Kier molecular flexibility index (Phi) is 8.26. The molecule has 7 nitrogen and oxygen atoms in total. The maximum absolute atomic E-state index is 13.4. The quantitative estimate of drug-likeness (QED) is 0.674. The van der Waals surface area contributed by atoms with Gasteiger partial charge in [0.15, 0.2) is 0 Å². The zero-order valence-electron chi connectivity index (χ0n) is 20.3. The highest BCUT2D eigenvalue weighted by Crippen LogP contribution is 2.20. The molecule has 2 aromatic rings. The average molecular weight is 469 g/mol. The number of piperazine rings is 1. The van der Waals surface area contributed by atoms with E-state index in [0.717, 1.165) is 5.69 Å². The van der Waals surface area contributed by atoms with Crippen LogP contribution in [0.15, 0.2) is 48.5 Å². The first-order valence-electron chi connectivity index (χ1n) is 11.7. The molecule has 34 heavy (non-hydrogen) atoms. The zero-order chi connectivity index (χ0) is 24.8. The molecule has 2 aromatic carbocycles. The topological polar surface area (TPSA) is 73.0 Å². The van der Waals surface area contributed by atoms with Crippen molar-refractivity contribution >= 4 is 29.1 Å². The van der Waals surface area contributed by atoms with Gasteiger partial charge in [0.2, 0.25) is 11.8 Å². The number of hydrogen-bond acceptors (Lipinski definition) is 4. The Hall–Kier alpha value is -3.42. The Bertz CT molecular complexity index is 1010. The molecule has 182 valence electrons. The maximum atomic E-state index is 13.4. The molecule has 0 spiro atoms. The third-order valence-corrected chi connectivity index (χ3v) is 5.87. The summed E-state index contributed by atoms with van der Waals surface area (Å²) in [5.41, 5.74) is 2.02. The van der Waals surface area contributed by atoms with Crippen molar-refractivity contribution in [3.8, 4) is 0 Å². The van der Waals surface area contributed by atoms with Gasteiger partial charge in [0.1, 0.15) is 12.4 Å². The van der Waals surface area contributed by atoms with E-state index in [-0.39, 0.29) is 36.2 Å². The van der Waals surface area contributed by atoms with Gasteiger partial charge >= 0.3 is 0 Å². The van der Waals surface area contributed by atoms with Crippen molar-refractivity contribution in [2.75, 3.05) is 42.9 Å². The molecule has 1 aliphatic rings. The van der Waals surface area contributed by atoms with E-state index in [1.165, 1.54) is 12.1 Å². The van der Waals surface area contributed by atoms with Crippen LogP contribution in [0.3, 0.4) is 0 Å². The molecule has 1 heterocycles. The Morgan fingerprint density at radius 3 is 2.18 bits per heavy atom. The van der Waals surface area contributed by atoms with Gasteiger partial charge < -0.3 is 20.0 Å². The van der Waals surface area contributed by atoms with Gasteiger partial charge in [0.25, 0.3) is 5.91 Å². The molecule has 0 bridgehead atoms. The van der Waals surface area contributed by atoms with Crippen molar-refractivity contribution in [2.45, 2.75) is 33.7 Å². The molecular formula is C26H33FN4O3. The van der Waals surface area contributed by atoms with Crippen LogP contribution < -0.4 is 10.2 Å². The highest BCUT2D eigenvalue weighted by molar-refractivity contribution is 5.95. The Morgan fingerprint density at radius 2 is 1.62 bits per heavy atom. The predicted octanol–water partition coefficient (Wildman–Crippen LogP) is 3.62. The number of nitrogens with one attached hydrogen (secondary N) is 1. The molecule has 1 fully saturated rings. The molecule has 0 atom stereocenters. The van der Waals surface area contributed by atoms with Crippen molar-refractivity contribution < 1.29 is 18.8 Å². The molecule has 3 amide bonds. The van der Waals surface area contributed by atoms with Gasteiger partial charge in [-0.25, -0.2) is 4.39 Å². The smallest absolute Gasteiger partial charge is 0.254 e. The van der Waals surface area contributed by atoms with Crippen molar-refractivity contribution in [1.29, 1.82) is 0 Å². The summed E-state index contributed by atoms with van der Waals surface area (Å²) in [6, 6.07) is 13.2. The summed E-state index contributed by atoms with van der Waals surface area (Å²) in [4.78, 5) is 43.0. The number of carbonyl (C=O) groups is 3. The van der Waals surface area contributed by atoms with E-state index in [0.29, 0.717) is 37.4 Å². The Labute approximate surface area is 200 Å². The number of nitrogens with zero attached hydrogens (tertiary/aromatic N) is 3. The zero-order valence-corrected chi connectivity index (χ0v) is 20.3. The van der Waals surface area contributed by atoms with Crippen molar-refractivity contribution in [3.63, 3.8) is 0 Å². The minimum atomic E-state index is -0.417. The molecule has 8 heteroatoms. The largest absolute Gasteiger partial charge is 0.368 e. The van der Waals surface area contributed by atoms with Gasteiger partial charge in [0, 0.05) is 55.1 Å². The van der Waals surface area contributed by atoms with Crippen molar-refractivity contribution in [2.24, 2.45) is 5.92 Å². The number of amides is 3. The number of anilines is 2. The van der Waals surface area contributed by atoms with Gasteiger partial charge in [-0.05, 0) is 56.3 Å². The highest BCUT2D eigenvalue weighted by Gasteiger charge is 2.24. The molecule has 1 aliphatic heterocycles. The molecule has 1 saturated heterocycles. The van der Waals surface area contributed by atoms with Crippen LogP contribution in [0, 0.1) is 11.7 Å². The molecule has 3 rings (SSSR count). The summed E-state index contributed by atoms with van der Waals surface area (Å²) in [6.07, 6.45) is 0. The van der Waals surface area contributed by atoms with Crippen LogP contribution in [0.5, 0.6) is 0 Å². The fourth-order valence-corrected chi connectivity index (χ4v) is 3.93. The summed E-state index contributed by atoms with van der Waals surface area (Å²) in [5, 5.41) is 2.86. The van der Waals surface area contributed by atoms with E-state index in [1.807, 2.05) is 52.0 Å². The first-order valence-corrected chi connectivity index (χ1v) is 11.7.